The van der Waals surface area contributed by atoms with Gasteiger partial charge in [0.15, 0.2) is 17.3 Å². The second kappa shape index (κ2) is 14.4. The molecule has 8 nitrogen and oxygen atoms in total. The Morgan fingerprint density at radius 2 is 1.63 bits per heavy atom. The summed E-state index contributed by atoms with van der Waals surface area (Å²) in [5.74, 6) is 0.338. The average Bonchev–Trinajstić information content (AvgIpc) is 3.41. The standard InChI is InChI=1S/C32H42N4O4Si/c1-5-6-19-40-28-23-36(24-39-20-21-41(2,3)4)34-30(31(28)38)32-33-17-18-35(32)22-27(37)29(25-13-9-7-10-14-25)26-15-11-8-12-16-26/h7-18,23,27,29,37H,5-6,19-22,24H2,1-4H3. The van der Waals surface area contributed by atoms with E-state index in [1.165, 1.54) is 0 Å². The zero-order valence-corrected chi connectivity index (χ0v) is 25.6. The molecule has 9 heteroatoms. The second-order valence-corrected chi connectivity index (χ2v) is 17.2. The van der Waals surface area contributed by atoms with Crippen LogP contribution in [-0.4, -0.2) is 51.8 Å². The van der Waals surface area contributed by atoms with Crippen LogP contribution in [0.1, 0.15) is 36.8 Å². The first-order valence-electron chi connectivity index (χ1n) is 14.4. The van der Waals surface area contributed by atoms with E-state index in [1.807, 2.05) is 60.7 Å². The highest BCUT2D eigenvalue weighted by Gasteiger charge is 2.26. The number of nitrogens with zero attached hydrogens (tertiary/aromatic N) is 4. The van der Waals surface area contributed by atoms with Gasteiger partial charge in [0.2, 0.25) is 0 Å². The first-order chi connectivity index (χ1) is 19.8. The van der Waals surface area contributed by atoms with Gasteiger partial charge in [0.25, 0.3) is 5.43 Å². The van der Waals surface area contributed by atoms with Crippen LogP contribution in [-0.2, 0) is 18.0 Å². The lowest BCUT2D eigenvalue weighted by Crippen LogP contribution is -2.27. The van der Waals surface area contributed by atoms with Crippen molar-refractivity contribution in [2.24, 2.45) is 0 Å². The van der Waals surface area contributed by atoms with Gasteiger partial charge in [-0.1, -0.05) is 93.6 Å². The summed E-state index contributed by atoms with van der Waals surface area (Å²) in [5.41, 5.74) is 1.86. The molecule has 0 aliphatic carbocycles. The summed E-state index contributed by atoms with van der Waals surface area (Å²) in [7, 11) is -1.24. The second-order valence-electron chi connectivity index (χ2n) is 11.5. The number of unbranched alkanes of at least 4 members (excludes halogenated alkanes) is 1. The lowest BCUT2D eigenvalue weighted by molar-refractivity contribution is 0.0766. The highest BCUT2D eigenvalue weighted by Crippen LogP contribution is 2.29. The van der Waals surface area contributed by atoms with Gasteiger partial charge in [-0.15, -0.1) is 0 Å². The fraction of sp³-hybridized carbons (Fsp3) is 0.406. The van der Waals surface area contributed by atoms with Crippen molar-refractivity contribution in [3.8, 4) is 17.3 Å². The van der Waals surface area contributed by atoms with E-state index in [0.29, 0.717) is 19.0 Å². The topological polar surface area (TPSA) is 91.4 Å². The SMILES string of the molecule is CCCCOc1cn(COCC[Si](C)(C)C)nc(-c2nccn2CC(O)C(c2ccccc2)c2ccccc2)c1=O. The minimum Gasteiger partial charge on any atom is -0.488 e. The molecule has 4 aromatic rings. The molecule has 2 heterocycles. The summed E-state index contributed by atoms with van der Waals surface area (Å²) in [5, 5.41) is 16.2. The predicted octanol–water partition coefficient (Wildman–Crippen LogP) is 5.79. The van der Waals surface area contributed by atoms with Crippen LogP contribution in [0.25, 0.3) is 11.5 Å². The van der Waals surface area contributed by atoms with Gasteiger partial charge in [-0.25, -0.2) is 9.67 Å². The van der Waals surface area contributed by atoms with Crippen molar-refractivity contribution >= 4 is 8.07 Å². The number of rotatable bonds is 15. The smallest absolute Gasteiger partial charge is 0.253 e. The highest BCUT2D eigenvalue weighted by atomic mass is 28.3. The van der Waals surface area contributed by atoms with E-state index in [1.54, 1.807) is 27.8 Å². The Balaban J connectivity index is 1.64. The van der Waals surface area contributed by atoms with Crippen LogP contribution in [0.4, 0.5) is 0 Å². The molecule has 0 bridgehead atoms. The Labute approximate surface area is 243 Å². The summed E-state index contributed by atoms with van der Waals surface area (Å²) >= 11 is 0. The molecule has 0 saturated heterocycles. The molecule has 0 fully saturated rings. The summed E-state index contributed by atoms with van der Waals surface area (Å²) in [6, 6.07) is 21.0. The first-order valence-corrected chi connectivity index (χ1v) is 18.1. The molecule has 41 heavy (non-hydrogen) atoms. The van der Waals surface area contributed by atoms with Crippen LogP contribution in [0.5, 0.6) is 5.75 Å². The van der Waals surface area contributed by atoms with Gasteiger partial charge >= 0.3 is 0 Å². The predicted molar refractivity (Wildman–Crippen MR) is 165 cm³/mol. The van der Waals surface area contributed by atoms with Crippen LogP contribution in [0.3, 0.4) is 0 Å². The molecule has 2 aromatic carbocycles. The number of aromatic nitrogens is 4. The summed E-state index contributed by atoms with van der Waals surface area (Å²) in [4.78, 5) is 18.0. The molecule has 0 saturated carbocycles. The van der Waals surface area contributed by atoms with E-state index in [2.05, 4.69) is 36.6 Å². The van der Waals surface area contributed by atoms with Crippen molar-refractivity contribution in [3.05, 3.63) is 101 Å². The Hall–Kier alpha value is -3.53. The Morgan fingerprint density at radius 3 is 2.24 bits per heavy atom. The van der Waals surface area contributed by atoms with E-state index in [9.17, 15) is 9.90 Å². The molecule has 4 rings (SSSR count). The van der Waals surface area contributed by atoms with E-state index in [0.717, 1.165) is 30.0 Å². The summed E-state index contributed by atoms with van der Waals surface area (Å²) < 4.78 is 15.2. The van der Waals surface area contributed by atoms with E-state index in [4.69, 9.17) is 9.47 Å². The van der Waals surface area contributed by atoms with Gasteiger partial charge in [0.05, 0.1) is 25.5 Å². The van der Waals surface area contributed by atoms with Crippen LogP contribution in [0.15, 0.2) is 84.0 Å². The lowest BCUT2D eigenvalue weighted by atomic mass is 9.86. The Bertz CT molecular complexity index is 1380. The molecule has 1 atom stereocenters. The third-order valence-electron chi connectivity index (χ3n) is 6.92. The number of aliphatic hydroxyl groups is 1. The number of hydrogen-bond donors (Lipinski definition) is 1. The highest BCUT2D eigenvalue weighted by molar-refractivity contribution is 6.76. The Morgan fingerprint density at radius 1 is 0.976 bits per heavy atom. The fourth-order valence-electron chi connectivity index (χ4n) is 4.63. The number of hydrogen-bond acceptors (Lipinski definition) is 6. The van der Waals surface area contributed by atoms with Crippen molar-refractivity contribution in [2.45, 2.75) is 70.7 Å². The quantitative estimate of drug-likeness (QED) is 0.143. The van der Waals surface area contributed by atoms with Gasteiger partial charge in [-0.05, 0) is 23.6 Å². The maximum atomic E-state index is 13.5. The van der Waals surface area contributed by atoms with Crippen LogP contribution in [0.2, 0.25) is 25.7 Å². The summed E-state index contributed by atoms with van der Waals surface area (Å²) in [6.07, 6.45) is 6.01. The molecule has 2 aromatic heterocycles. The molecule has 0 aliphatic rings. The van der Waals surface area contributed by atoms with Crippen molar-refractivity contribution in [2.75, 3.05) is 13.2 Å². The molecular formula is C32H42N4O4Si. The summed E-state index contributed by atoms with van der Waals surface area (Å²) in [6.45, 7) is 10.5. The van der Waals surface area contributed by atoms with Gasteiger partial charge in [-0.2, -0.15) is 5.10 Å². The number of imidazole rings is 1. The number of ether oxygens (including phenoxy) is 2. The van der Waals surface area contributed by atoms with Crippen molar-refractivity contribution in [1.29, 1.82) is 0 Å². The maximum absolute atomic E-state index is 13.5. The van der Waals surface area contributed by atoms with Gasteiger partial charge < -0.3 is 19.1 Å². The van der Waals surface area contributed by atoms with Crippen LogP contribution < -0.4 is 10.2 Å². The van der Waals surface area contributed by atoms with E-state index < -0.39 is 14.2 Å². The van der Waals surface area contributed by atoms with Gasteiger partial charge in [0.1, 0.15) is 6.73 Å². The Kier molecular flexibility index (Phi) is 10.7. The minimum absolute atomic E-state index is 0.168. The molecule has 0 aliphatic heterocycles. The zero-order valence-electron chi connectivity index (χ0n) is 24.6. The zero-order chi connectivity index (χ0) is 29.2. The number of aliphatic hydroxyl groups excluding tert-OH is 1. The van der Waals surface area contributed by atoms with E-state index in [-0.39, 0.29) is 36.1 Å². The van der Waals surface area contributed by atoms with E-state index >= 15 is 0 Å². The molecule has 0 radical (unpaired) electrons. The minimum atomic E-state index is -1.24. The fourth-order valence-corrected chi connectivity index (χ4v) is 5.39. The molecule has 0 spiro atoms. The van der Waals surface area contributed by atoms with Crippen molar-refractivity contribution < 1.29 is 14.6 Å². The number of benzene rings is 2. The molecule has 1 unspecified atom stereocenters. The average molecular weight is 575 g/mol. The van der Waals surface area contributed by atoms with Crippen LogP contribution in [0, 0.1) is 0 Å². The lowest BCUT2D eigenvalue weighted by Gasteiger charge is -2.25. The normalized spacial score (nSPS) is 12.5. The molecule has 1 N–H and O–H groups in total. The van der Waals surface area contributed by atoms with Crippen molar-refractivity contribution in [3.63, 3.8) is 0 Å². The molecule has 0 amide bonds. The molecular weight excluding hydrogens is 532 g/mol. The molecule has 218 valence electrons. The monoisotopic (exact) mass is 574 g/mol. The van der Waals surface area contributed by atoms with Gasteiger partial charge in [-0.3, -0.25) is 4.79 Å². The van der Waals surface area contributed by atoms with Crippen LogP contribution >= 0.6 is 0 Å². The first kappa shape index (κ1) is 30.4. The third kappa shape index (κ3) is 8.48. The largest absolute Gasteiger partial charge is 0.488 e. The van der Waals surface area contributed by atoms with Crippen molar-refractivity contribution in [1.82, 2.24) is 19.3 Å². The van der Waals surface area contributed by atoms with Gasteiger partial charge in [0, 0.05) is 33.0 Å². The third-order valence-corrected chi connectivity index (χ3v) is 8.63. The maximum Gasteiger partial charge on any atom is 0.253 e.